The van der Waals surface area contributed by atoms with Crippen LogP contribution in [0.25, 0.3) is 0 Å². The molecule has 1 aromatic heterocycles. The molecule has 1 aromatic rings. The highest BCUT2D eigenvalue weighted by Crippen LogP contribution is 2.15. The monoisotopic (exact) mass is 264 g/mol. The van der Waals surface area contributed by atoms with Crippen LogP contribution in [-0.4, -0.2) is 4.98 Å². The molecular formula is C9H14BrClN2. The van der Waals surface area contributed by atoms with Crippen LogP contribution in [0.5, 0.6) is 0 Å². The van der Waals surface area contributed by atoms with E-state index in [2.05, 4.69) is 27.8 Å². The van der Waals surface area contributed by atoms with E-state index in [0.717, 1.165) is 23.0 Å². The fourth-order valence-corrected chi connectivity index (χ4v) is 1.32. The largest absolute Gasteiger partial charge is 0.324 e. The second-order valence-electron chi connectivity index (χ2n) is 2.81. The lowest BCUT2D eigenvalue weighted by Crippen LogP contribution is -2.09. The Balaban J connectivity index is 0.00000144. The first-order valence-electron chi connectivity index (χ1n) is 4.11. The van der Waals surface area contributed by atoms with E-state index in [9.17, 15) is 0 Å². The number of nitrogens with zero attached hydrogens (tertiary/aromatic N) is 1. The van der Waals surface area contributed by atoms with Crippen molar-refractivity contribution in [2.45, 2.75) is 25.8 Å². The quantitative estimate of drug-likeness (QED) is 0.853. The summed E-state index contributed by atoms with van der Waals surface area (Å²) in [6, 6.07) is 4.07. The zero-order chi connectivity index (χ0) is 8.97. The fourth-order valence-electron chi connectivity index (χ4n) is 1.08. The van der Waals surface area contributed by atoms with Crippen molar-refractivity contribution in [1.29, 1.82) is 0 Å². The number of aromatic nitrogens is 1. The highest BCUT2D eigenvalue weighted by Gasteiger charge is 2.03. The molecule has 0 fully saturated rings. The number of hydrogen-bond acceptors (Lipinski definition) is 2. The van der Waals surface area contributed by atoms with Gasteiger partial charge in [-0.15, -0.1) is 12.4 Å². The predicted octanol–water partition coefficient (Wildman–Crippen LogP) is 3.07. The van der Waals surface area contributed by atoms with Gasteiger partial charge in [-0.1, -0.05) is 19.4 Å². The number of hydrogen-bond donors (Lipinski definition) is 1. The van der Waals surface area contributed by atoms with E-state index in [4.69, 9.17) is 5.73 Å². The molecule has 1 atom stereocenters. The molecule has 0 unspecified atom stereocenters. The van der Waals surface area contributed by atoms with Crippen LogP contribution in [0.3, 0.4) is 0 Å². The molecule has 0 saturated heterocycles. The Bertz CT molecular complexity index is 238. The molecule has 4 heteroatoms. The molecule has 0 saturated carbocycles. The molecule has 2 N–H and O–H groups in total. The lowest BCUT2D eigenvalue weighted by atomic mass is 10.1. The van der Waals surface area contributed by atoms with Crippen LogP contribution >= 0.6 is 28.3 Å². The van der Waals surface area contributed by atoms with Crippen LogP contribution in [0.1, 0.15) is 31.4 Å². The Morgan fingerprint density at radius 3 is 2.69 bits per heavy atom. The van der Waals surface area contributed by atoms with Crippen molar-refractivity contribution in [3.8, 4) is 0 Å². The average Bonchev–Trinajstić information content (AvgIpc) is 2.06. The first kappa shape index (κ1) is 12.9. The Morgan fingerprint density at radius 1 is 1.54 bits per heavy atom. The normalized spacial score (nSPS) is 11.9. The number of pyridine rings is 1. The van der Waals surface area contributed by atoms with Crippen molar-refractivity contribution in [3.63, 3.8) is 0 Å². The lowest BCUT2D eigenvalue weighted by molar-refractivity contribution is 0.636. The maximum atomic E-state index is 5.90. The highest BCUT2D eigenvalue weighted by atomic mass is 79.9. The van der Waals surface area contributed by atoms with E-state index in [1.54, 1.807) is 0 Å². The Hall–Kier alpha value is -0.120. The summed E-state index contributed by atoms with van der Waals surface area (Å²) in [4.78, 5) is 4.12. The Kier molecular flexibility index (Phi) is 6.29. The van der Waals surface area contributed by atoms with Gasteiger partial charge >= 0.3 is 0 Å². The SMILES string of the molecule is CCC[C@@H](N)c1ccc(Br)nc1.Cl. The van der Waals surface area contributed by atoms with Crippen LogP contribution in [0.15, 0.2) is 22.9 Å². The molecule has 0 aliphatic heterocycles. The van der Waals surface area contributed by atoms with Crippen LogP contribution in [-0.2, 0) is 0 Å². The van der Waals surface area contributed by atoms with E-state index in [1.165, 1.54) is 0 Å². The van der Waals surface area contributed by atoms with Gasteiger partial charge in [0.2, 0.25) is 0 Å². The number of rotatable bonds is 3. The van der Waals surface area contributed by atoms with Gasteiger partial charge in [-0.2, -0.15) is 0 Å². The van der Waals surface area contributed by atoms with E-state index < -0.39 is 0 Å². The van der Waals surface area contributed by atoms with E-state index in [1.807, 2.05) is 18.3 Å². The van der Waals surface area contributed by atoms with E-state index in [-0.39, 0.29) is 18.4 Å². The molecule has 1 heterocycles. The summed E-state index contributed by atoms with van der Waals surface area (Å²) in [6.07, 6.45) is 3.95. The van der Waals surface area contributed by atoms with Crippen LogP contribution in [0, 0.1) is 0 Å². The molecule has 1 rings (SSSR count). The van der Waals surface area contributed by atoms with Crippen molar-refractivity contribution in [2.75, 3.05) is 0 Å². The van der Waals surface area contributed by atoms with Gasteiger partial charge in [0.1, 0.15) is 4.60 Å². The van der Waals surface area contributed by atoms with Gasteiger partial charge in [0.05, 0.1) is 0 Å². The van der Waals surface area contributed by atoms with Gasteiger partial charge < -0.3 is 5.73 Å². The third-order valence-electron chi connectivity index (χ3n) is 1.78. The molecule has 0 amide bonds. The number of halogens is 2. The maximum Gasteiger partial charge on any atom is 0.106 e. The van der Waals surface area contributed by atoms with Crippen molar-refractivity contribution in [1.82, 2.24) is 4.98 Å². The maximum absolute atomic E-state index is 5.90. The topological polar surface area (TPSA) is 38.9 Å². The van der Waals surface area contributed by atoms with Crippen molar-refractivity contribution >= 4 is 28.3 Å². The summed E-state index contributed by atoms with van der Waals surface area (Å²) in [5, 5.41) is 0. The molecule has 0 radical (unpaired) electrons. The summed E-state index contributed by atoms with van der Waals surface area (Å²) in [5.74, 6) is 0. The Morgan fingerprint density at radius 2 is 2.23 bits per heavy atom. The van der Waals surface area contributed by atoms with E-state index in [0.29, 0.717) is 0 Å². The van der Waals surface area contributed by atoms with Crippen molar-refractivity contribution in [2.24, 2.45) is 5.73 Å². The van der Waals surface area contributed by atoms with Gasteiger partial charge in [-0.3, -0.25) is 0 Å². The third kappa shape index (κ3) is 4.07. The third-order valence-corrected chi connectivity index (χ3v) is 2.25. The smallest absolute Gasteiger partial charge is 0.106 e. The highest BCUT2D eigenvalue weighted by molar-refractivity contribution is 9.10. The molecule has 0 aliphatic carbocycles. The zero-order valence-electron chi connectivity index (χ0n) is 7.53. The van der Waals surface area contributed by atoms with Gasteiger partial charge in [-0.25, -0.2) is 4.98 Å². The minimum absolute atomic E-state index is 0. The minimum Gasteiger partial charge on any atom is -0.324 e. The molecule has 0 bridgehead atoms. The van der Waals surface area contributed by atoms with Gasteiger partial charge in [0, 0.05) is 12.2 Å². The van der Waals surface area contributed by atoms with Gasteiger partial charge in [0.15, 0.2) is 0 Å². The van der Waals surface area contributed by atoms with Gasteiger partial charge in [0.25, 0.3) is 0 Å². The zero-order valence-corrected chi connectivity index (χ0v) is 9.94. The molecular weight excluding hydrogens is 251 g/mol. The average molecular weight is 266 g/mol. The molecule has 0 spiro atoms. The first-order valence-corrected chi connectivity index (χ1v) is 4.90. The van der Waals surface area contributed by atoms with Crippen LogP contribution < -0.4 is 5.73 Å². The second kappa shape index (κ2) is 6.35. The summed E-state index contributed by atoms with van der Waals surface area (Å²) in [6.45, 7) is 2.13. The lowest BCUT2D eigenvalue weighted by Gasteiger charge is -2.09. The summed E-state index contributed by atoms with van der Waals surface area (Å²) < 4.78 is 0.856. The second-order valence-corrected chi connectivity index (χ2v) is 3.62. The Labute approximate surface area is 93.5 Å². The first-order chi connectivity index (χ1) is 5.74. The van der Waals surface area contributed by atoms with Crippen LogP contribution in [0.2, 0.25) is 0 Å². The van der Waals surface area contributed by atoms with Crippen molar-refractivity contribution < 1.29 is 0 Å². The molecule has 13 heavy (non-hydrogen) atoms. The molecule has 0 aliphatic rings. The van der Waals surface area contributed by atoms with Crippen molar-refractivity contribution in [3.05, 3.63) is 28.5 Å². The molecule has 2 nitrogen and oxygen atoms in total. The van der Waals surface area contributed by atoms with Crippen LogP contribution in [0.4, 0.5) is 0 Å². The summed E-state index contributed by atoms with van der Waals surface area (Å²) in [5.41, 5.74) is 7.01. The summed E-state index contributed by atoms with van der Waals surface area (Å²) >= 11 is 3.28. The van der Waals surface area contributed by atoms with E-state index >= 15 is 0 Å². The molecule has 74 valence electrons. The predicted molar refractivity (Wildman–Crippen MR) is 61.0 cm³/mol. The van der Waals surface area contributed by atoms with Gasteiger partial charge in [-0.05, 0) is 34.0 Å². The fraction of sp³-hybridized carbons (Fsp3) is 0.444. The minimum atomic E-state index is 0. The summed E-state index contributed by atoms with van der Waals surface area (Å²) in [7, 11) is 0. The standard InChI is InChI=1S/C9H13BrN2.ClH/c1-2-3-8(11)7-4-5-9(10)12-6-7;/h4-6,8H,2-3,11H2,1H3;1H/t8-;/m1./s1. The number of nitrogens with two attached hydrogens (primary N) is 1. The molecule has 0 aromatic carbocycles.